The number of hydrogen-bond acceptors (Lipinski definition) is 5. The van der Waals surface area contributed by atoms with Gasteiger partial charge in [0.05, 0.1) is 17.3 Å². The molecule has 0 spiro atoms. The average Bonchev–Trinajstić information content (AvgIpc) is 3.32. The van der Waals surface area contributed by atoms with Crippen molar-refractivity contribution < 1.29 is 4.79 Å². The van der Waals surface area contributed by atoms with Crippen molar-refractivity contribution in [3.05, 3.63) is 77.7 Å². The molecule has 1 aliphatic heterocycles. The van der Waals surface area contributed by atoms with E-state index in [9.17, 15) is 4.79 Å². The number of para-hydroxylation sites is 1. The largest absolute Gasteiger partial charge is 0.352 e. The number of carbonyl (C=O) groups is 1. The second kappa shape index (κ2) is 9.86. The van der Waals surface area contributed by atoms with E-state index < -0.39 is 0 Å². The number of anilines is 1. The molecule has 0 unspecified atom stereocenters. The summed E-state index contributed by atoms with van der Waals surface area (Å²) >= 11 is 0. The van der Waals surface area contributed by atoms with E-state index in [2.05, 4.69) is 30.8 Å². The van der Waals surface area contributed by atoms with Crippen LogP contribution >= 0.6 is 0 Å². The first kappa shape index (κ1) is 23.0. The summed E-state index contributed by atoms with van der Waals surface area (Å²) in [5.74, 6) is 2.28. The Kier molecular flexibility index (Phi) is 6.49. The number of amides is 1. The normalized spacial score (nSPS) is 14.2. The van der Waals surface area contributed by atoms with Crippen molar-refractivity contribution in [2.45, 2.75) is 33.6 Å². The zero-order chi connectivity index (χ0) is 24.4. The number of hydrogen-bond donors (Lipinski definition) is 0. The van der Waals surface area contributed by atoms with Crippen LogP contribution in [-0.4, -0.2) is 56.7 Å². The van der Waals surface area contributed by atoms with Crippen molar-refractivity contribution in [3.8, 4) is 5.69 Å². The van der Waals surface area contributed by atoms with Gasteiger partial charge in [0.2, 0.25) is 0 Å². The molecule has 2 aromatic heterocycles. The van der Waals surface area contributed by atoms with Crippen LogP contribution in [0.5, 0.6) is 0 Å². The molecule has 4 aromatic rings. The van der Waals surface area contributed by atoms with E-state index in [-0.39, 0.29) is 5.91 Å². The molecule has 0 atom stereocenters. The standard InChI is InChI=1S/C28H32N6O/c1-4-21-10-12-22(13-11-21)28(35)33-16-14-32(15-17-33)26-24-19-29-34(23-8-6-5-7-9-23)27(24)31-25(30-26)18-20(2)3/h5-13,19-20H,4,14-18H2,1-3H3. The predicted molar refractivity (Wildman–Crippen MR) is 139 cm³/mol. The number of piperazine rings is 1. The molecule has 0 radical (unpaired) electrons. The number of fused-ring (bicyclic) bond motifs is 1. The first-order valence-corrected chi connectivity index (χ1v) is 12.5. The summed E-state index contributed by atoms with van der Waals surface area (Å²) in [4.78, 5) is 27.2. The maximum absolute atomic E-state index is 13.1. The van der Waals surface area contributed by atoms with Crippen molar-refractivity contribution >= 4 is 22.8 Å². The first-order chi connectivity index (χ1) is 17.0. The number of aromatic nitrogens is 4. The molecule has 5 rings (SSSR count). The van der Waals surface area contributed by atoms with Gasteiger partial charge in [-0.1, -0.05) is 51.1 Å². The molecule has 2 aromatic carbocycles. The van der Waals surface area contributed by atoms with E-state index in [1.807, 2.05) is 70.4 Å². The Balaban J connectivity index is 1.41. The SMILES string of the molecule is CCc1ccc(C(=O)N2CCN(c3nc(CC(C)C)nc4c3cnn4-c3ccccc3)CC2)cc1. The summed E-state index contributed by atoms with van der Waals surface area (Å²) in [6.07, 6.45) is 3.64. The van der Waals surface area contributed by atoms with Crippen molar-refractivity contribution in [2.24, 2.45) is 5.92 Å². The van der Waals surface area contributed by atoms with Crippen molar-refractivity contribution in [3.63, 3.8) is 0 Å². The number of benzene rings is 2. The molecular weight excluding hydrogens is 436 g/mol. The fourth-order valence-electron chi connectivity index (χ4n) is 4.58. The number of nitrogens with zero attached hydrogens (tertiary/aromatic N) is 6. The number of rotatable bonds is 6. The maximum Gasteiger partial charge on any atom is 0.253 e. The molecule has 1 fully saturated rings. The van der Waals surface area contributed by atoms with Crippen LogP contribution in [0.25, 0.3) is 16.7 Å². The highest BCUT2D eigenvalue weighted by Crippen LogP contribution is 2.27. The van der Waals surface area contributed by atoms with Crippen LogP contribution in [0.1, 0.15) is 42.5 Å². The molecule has 0 aliphatic carbocycles. The molecule has 1 amide bonds. The lowest BCUT2D eigenvalue weighted by Gasteiger charge is -2.35. The van der Waals surface area contributed by atoms with Gasteiger partial charge in [0.1, 0.15) is 11.6 Å². The van der Waals surface area contributed by atoms with Crippen LogP contribution in [0.3, 0.4) is 0 Å². The highest BCUT2D eigenvalue weighted by atomic mass is 16.2. The molecule has 1 aliphatic rings. The van der Waals surface area contributed by atoms with Crippen LogP contribution in [0.2, 0.25) is 0 Å². The molecule has 3 heterocycles. The van der Waals surface area contributed by atoms with Gasteiger partial charge in [0.15, 0.2) is 5.65 Å². The Labute approximate surface area is 206 Å². The Morgan fingerprint density at radius 2 is 1.66 bits per heavy atom. The maximum atomic E-state index is 13.1. The quantitative estimate of drug-likeness (QED) is 0.416. The molecule has 7 heteroatoms. The molecule has 0 saturated carbocycles. The molecule has 0 bridgehead atoms. The topological polar surface area (TPSA) is 67.2 Å². The zero-order valence-electron chi connectivity index (χ0n) is 20.7. The average molecular weight is 469 g/mol. The summed E-state index contributed by atoms with van der Waals surface area (Å²) < 4.78 is 1.89. The van der Waals surface area contributed by atoms with Gasteiger partial charge in [-0.15, -0.1) is 0 Å². The molecule has 0 N–H and O–H groups in total. The van der Waals surface area contributed by atoms with Crippen LogP contribution in [-0.2, 0) is 12.8 Å². The predicted octanol–water partition coefficient (Wildman–Crippen LogP) is 4.54. The van der Waals surface area contributed by atoms with Crippen LogP contribution in [0.15, 0.2) is 60.8 Å². The van der Waals surface area contributed by atoms with E-state index >= 15 is 0 Å². The van der Waals surface area contributed by atoms with Gasteiger partial charge in [-0.3, -0.25) is 4.79 Å². The van der Waals surface area contributed by atoms with E-state index in [4.69, 9.17) is 9.97 Å². The highest BCUT2D eigenvalue weighted by molar-refractivity contribution is 5.94. The van der Waals surface area contributed by atoms with Crippen LogP contribution in [0, 0.1) is 5.92 Å². The van der Waals surface area contributed by atoms with E-state index in [0.29, 0.717) is 19.0 Å². The molecule has 35 heavy (non-hydrogen) atoms. The third kappa shape index (κ3) is 4.76. The van der Waals surface area contributed by atoms with Gasteiger partial charge < -0.3 is 9.80 Å². The first-order valence-electron chi connectivity index (χ1n) is 12.5. The van der Waals surface area contributed by atoms with Gasteiger partial charge >= 0.3 is 0 Å². The van der Waals surface area contributed by atoms with Gasteiger partial charge in [0.25, 0.3) is 5.91 Å². The third-order valence-electron chi connectivity index (χ3n) is 6.52. The summed E-state index contributed by atoms with van der Waals surface area (Å²) in [5, 5.41) is 5.60. The smallest absolute Gasteiger partial charge is 0.253 e. The van der Waals surface area contributed by atoms with Gasteiger partial charge in [0, 0.05) is 38.2 Å². The summed E-state index contributed by atoms with van der Waals surface area (Å²) in [6.45, 7) is 9.25. The lowest BCUT2D eigenvalue weighted by Crippen LogP contribution is -2.49. The minimum absolute atomic E-state index is 0.0949. The van der Waals surface area contributed by atoms with E-state index in [0.717, 1.165) is 59.9 Å². The van der Waals surface area contributed by atoms with Gasteiger partial charge in [-0.25, -0.2) is 14.6 Å². The van der Waals surface area contributed by atoms with Crippen LogP contribution < -0.4 is 4.90 Å². The van der Waals surface area contributed by atoms with Crippen molar-refractivity contribution in [1.82, 2.24) is 24.6 Å². The Hall–Kier alpha value is -3.74. The Morgan fingerprint density at radius 1 is 0.943 bits per heavy atom. The summed E-state index contributed by atoms with van der Waals surface area (Å²) in [5.41, 5.74) is 3.80. The minimum Gasteiger partial charge on any atom is -0.352 e. The molecule has 1 saturated heterocycles. The Bertz CT molecular complexity index is 1300. The lowest BCUT2D eigenvalue weighted by atomic mass is 10.1. The highest BCUT2D eigenvalue weighted by Gasteiger charge is 2.26. The molecular formula is C28H32N6O. The molecule has 180 valence electrons. The minimum atomic E-state index is 0.0949. The fourth-order valence-corrected chi connectivity index (χ4v) is 4.58. The lowest BCUT2D eigenvalue weighted by molar-refractivity contribution is 0.0746. The second-order valence-electron chi connectivity index (χ2n) is 9.52. The second-order valence-corrected chi connectivity index (χ2v) is 9.52. The summed E-state index contributed by atoms with van der Waals surface area (Å²) in [7, 11) is 0. The third-order valence-corrected chi connectivity index (χ3v) is 6.52. The van der Waals surface area contributed by atoms with Crippen molar-refractivity contribution in [1.29, 1.82) is 0 Å². The van der Waals surface area contributed by atoms with Gasteiger partial charge in [-0.05, 0) is 42.2 Å². The zero-order valence-corrected chi connectivity index (χ0v) is 20.7. The van der Waals surface area contributed by atoms with Crippen molar-refractivity contribution in [2.75, 3.05) is 31.1 Å². The van der Waals surface area contributed by atoms with E-state index in [1.165, 1.54) is 5.56 Å². The summed E-state index contributed by atoms with van der Waals surface area (Å²) in [6, 6.07) is 18.1. The Morgan fingerprint density at radius 3 is 2.31 bits per heavy atom. The fraction of sp³-hybridized carbons (Fsp3) is 0.357. The molecule has 7 nitrogen and oxygen atoms in total. The van der Waals surface area contributed by atoms with Crippen LogP contribution in [0.4, 0.5) is 5.82 Å². The van der Waals surface area contributed by atoms with E-state index in [1.54, 1.807) is 0 Å². The monoisotopic (exact) mass is 468 g/mol. The number of carbonyl (C=O) groups excluding carboxylic acids is 1. The van der Waals surface area contributed by atoms with Gasteiger partial charge in [-0.2, -0.15) is 5.10 Å². The number of aryl methyl sites for hydroxylation is 1.